The summed E-state index contributed by atoms with van der Waals surface area (Å²) in [6.45, 7) is 8.27. The van der Waals surface area contributed by atoms with Crippen molar-refractivity contribution in [3.8, 4) is 0 Å². The van der Waals surface area contributed by atoms with Crippen LogP contribution >= 0.6 is 0 Å². The van der Waals surface area contributed by atoms with Crippen molar-refractivity contribution in [3.05, 3.63) is 0 Å². The number of carboxylic acids is 1. The molecule has 0 aromatic heterocycles. The molecule has 1 atom stereocenters. The highest BCUT2D eigenvalue weighted by Gasteiger charge is 2.29. The van der Waals surface area contributed by atoms with Gasteiger partial charge in [0.2, 0.25) is 0 Å². The summed E-state index contributed by atoms with van der Waals surface area (Å²) in [5, 5.41) is 11.6. The van der Waals surface area contributed by atoms with E-state index in [1.807, 2.05) is 0 Å². The van der Waals surface area contributed by atoms with Gasteiger partial charge < -0.3 is 20.9 Å². The maximum Gasteiger partial charge on any atom is 0.324 e. The largest absolute Gasteiger partial charge is 0.480 e. The predicted molar refractivity (Wildman–Crippen MR) is 63.5 cm³/mol. The van der Waals surface area contributed by atoms with Crippen LogP contribution in [0.4, 0.5) is 0 Å². The number of rotatable bonds is 5. The first-order chi connectivity index (χ1) is 7.46. The molecule has 0 bridgehead atoms. The molecule has 0 aromatic carbocycles. The van der Waals surface area contributed by atoms with E-state index in [1.54, 1.807) is 20.8 Å². The van der Waals surface area contributed by atoms with Gasteiger partial charge >= 0.3 is 11.9 Å². The third kappa shape index (κ3) is 6.23. The lowest BCUT2D eigenvalue weighted by atomic mass is 10.1. The fourth-order valence-electron chi connectivity index (χ4n) is 0.902. The average molecular weight is 246 g/mol. The van der Waals surface area contributed by atoms with Crippen molar-refractivity contribution >= 4 is 11.9 Å². The molecular formula is C11H22N2O4. The van der Waals surface area contributed by atoms with Gasteiger partial charge in [-0.05, 0) is 34.6 Å². The van der Waals surface area contributed by atoms with Crippen LogP contribution in [0, 0.1) is 0 Å². The second-order valence-corrected chi connectivity index (χ2v) is 5.45. The van der Waals surface area contributed by atoms with Gasteiger partial charge in [-0.25, -0.2) is 0 Å². The van der Waals surface area contributed by atoms with Crippen LogP contribution in [0.5, 0.6) is 0 Å². The zero-order valence-corrected chi connectivity index (χ0v) is 11.0. The standard InChI is InChI=1S/C11H22N2O4/c1-10(2,3)17-8(14)7(12)6-13-11(4,5)9(15)16/h7,13H,6,12H2,1-5H3,(H,15,16). The number of nitrogens with two attached hydrogens (primary N) is 1. The Morgan fingerprint density at radius 3 is 2.12 bits per heavy atom. The Bertz CT molecular complexity index is 294. The number of carboxylic acid groups (broad SMARTS) is 1. The van der Waals surface area contributed by atoms with Crippen LogP contribution in [0.2, 0.25) is 0 Å². The molecule has 0 heterocycles. The Morgan fingerprint density at radius 2 is 1.76 bits per heavy atom. The van der Waals surface area contributed by atoms with Crippen molar-refractivity contribution in [2.75, 3.05) is 6.54 Å². The van der Waals surface area contributed by atoms with Gasteiger partial charge in [-0.3, -0.25) is 9.59 Å². The maximum absolute atomic E-state index is 11.5. The Morgan fingerprint density at radius 1 is 1.29 bits per heavy atom. The topological polar surface area (TPSA) is 102 Å². The molecular weight excluding hydrogens is 224 g/mol. The minimum Gasteiger partial charge on any atom is -0.480 e. The molecule has 0 aromatic rings. The van der Waals surface area contributed by atoms with Crippen molar-refractivity contribution in [1.29, 1.82) is 0 Å². The fraction of sp³-hybridized carbons (Fsp3) is 0.818. The van der Waals surface area contributed by atoms with Crippen molar-refractivity contribution in [1.82, 2.24) is 5.32 Å². The molecule has 17 heavy (non-hydrogen) atoms. The number of carbonyl (C=O) groups excluding carboxylic acids is 1. The quantitative estimate of drug-likeness (QED) is 0.595. The summed E-state index contributed by atoms with van der Waals surface area (Å²) in [4.78, 5) is 22.3. The van der Waals surface area contributed by atoms with Crippen molar-refractivity contribution in [2.24, 2.45) is 5.73 Å². The van der Waals surface area contributed by atoms with Gasteiger partial charge in [0, 0.05) is 6.54 Å². The number of hydrogen-bond acceptors (Lipinski definition) is 5. The lowest BCUT2D eigenvalue weighted by Crippen LogP contribution is -2.53. The van der Waals surface area contributed by atoms with Crippen molar-refractivity contribution in [3.63, 3.8) is 0 Å². The number of aliphatic carboxylic acids is 1. The van der Waals surface area contributed by atoms with E-state index in [-0.39, 0.29) is 6.54 Å². The summed E-state index contributed by atoms with van der Waals surface area (Å²) in [6, 6.07) is -0.882. The SMILES string of the molecule is CC(C)(C)OC(=O)C(N)CNC(C)(C)C(=O)O. The first-order valence-electron chi connectivity index (χ1n) is 5.42. The third-order valence-electron chi connectivity index (χ3n) is 2.01. The average Bonchev–Trinajstić information content (AvgIpc) is 2.11. The minimum absolute atomic E-state index is 0.0498. The van der Waals surface area contributed by atoms with Crippen LogP contribution in [-0.2, 0) is 14.3 Å². The van der Waals surface area contributed by atoms with Crippen molar-refractivity contribution < 1.29 is 19.4 Å². The normalized spacial score (nSPS) is 14.2. The first kappa shape index (κ1) is 15.9. The Labute approximate surface area is 102 Å². The van der Waals surface area contributed by atoms with Gasteiger partial charge in [0.25, 0.3) is 0 Å². The number of esters is 1. The monoisotopic (exact) mass is 246 g/mol. The van der Waals surface area contributed by atoms with E-state index in [4.69, 9.17) is 15.6 Å². The van der Waals surface area contributed by atoms with Gasteiger partial charge in [0.1, 0.15) is 17.2 Å². The number of carbonyl (C=O) groups is 2. The molecule has 0 amide bonds. The van der Waals surface area contributed by atoms with E-state index in [1.165, 1.54) is 13.8 Å². The highest BCUT2D eigenvalue weighted by atomic mass is 16.6. The number of ether oxygens (including phenoxy) is 1. The first-order valence-corrected chi connectivity index (χ1v) is 5.42. The minimum atomic E-state index is -1.13. The van der Waals surface area contributed by atoms with E-state index in [2.05, 4.69) is 5.32 Å². The molecule has 0 fully saturated rings. The highest BCUT2D eigenvalue weighted by molar-refractivity contribution is 5.78. The Hall–Kier alpha value is -1.14. The summed E-state index contributed by atoms with van der Waals surface area (Å²) in [5.74, 6) is -1.56. The van der Waals surface area contributed by atoms with E-state index >= 15 is 0 Å². The Kier molecular flexibility index (Phi) is 5.10. The molecule has 4 N–H and O–H groups in total. The van der Waals surface area contributed by atoms with E-state index in [0.717, 1.165) is 0 Å². The molecule has 0 aliphatic rings. The van der Waals surface area contributed by atoms with E-state index in [9.17, 15) is 9.59 Å². The molecule has 0 aliphatic heterocycles. The van der Waals surface area contributed by atoms with Crippen molar-refractivity contribution in [2.45, 2.75) is 51.8 Å². The molecule has 0 radical (unpaired) electrons. The van der Waals surface area contributed by atoms with Gasteiger partial charge in [0.05, 0.1) is 0 Å². The van der Waals surface area contributed by atoms with Crippen LogP contribution in [0.1, 0.15) is 34.6 Å². The summed E-state index contributed by atoms with van der Waals surface area (Å²) >= 11 is 0. The second kappa shape index (κ2) is 5.46. The molecule has 0 spiro atoms. The molecule has 0 saturated carbocycles. The zero-order valence-electron chi connectivity index (χ0n) is 11.0. The number of hydrogen-bond donors (Lipinski definition) is 3. The van der Waals surface area contributed by atoms with E-state index in [0.29, 0.717) is 0 Å². The fourth-order valence-corrected chi connectivity index (χ4v) is 0.902. The molecule has 0 aliphatic carbocycles. The van der Waals surface area contributed by atoms with Crippen LogP contribution in [0.15, 0.2) is 0 Å². The molecule has 0 saturated heterocycles. The highest BCUT2D eigenvalue weighted by Crippen LogP contribution is 2.08. The van der Waals surface area contributed by atoms with Crippen LogP contribution in [0.3, 0.4) is 0 Å². The van der Waals surface area contributed by atoms with E-state index < -0.39 is 29.1 Å². The van der Waals surface area contributed by atoms with Crippen LogP contribution < -0.4 is 11.1 Å². The van der Waals surface area contributed by atoms with Crippen LogP contribution in [0.25, 0.3) is 0 Å². The Balaban J connectivity index is 4.24. The lowest BCUT2D eigenvalue weighted by molar-refractivity contribution is -0.157. The lowest BCUT2D eigenvalue weighted by Gasteiger charge is -2.25. The van der Waals surface area contributed by atoms with Gasteiger partial charge in [0.15, 0.2) is 0 Å². The zero-order chi connectivity index (χ0) is 13.9. The second-order valence-electron chi connectivity index (χ2n) is 5.45. The summed E-state index contributed by atoms with van der Waals surface area (Å²) in [7, 11) is 0. The molecule has 1 unspecified atom stereocenters. The molecule has 6 heteroatoms. The van der Waals surface area contributed by atoms with Gasteiger partial charge in [-0.2, -0.15) is 0 Å². The molecule has 0 rings (SSSR count). The van der Waals surface area contributed by atoms with Gasteiger partial charge in [-0.1, -0.05) is 0 Å². The third-order valence-corrected chi connectivity index (χ3v) is 2.01. The summed E-state index contributed by atoms with van der Waals surface area (Å²) in [5.41, 5.74) is 3.88. The van der Waals surface area contributed by atoms with Gasteiger partial charge in [-0.15, -0.1) is 0 Å². The smallest absolute Gasteiger partial charge is 0.324 e. The molecule has 6 nitrogen and oxygen atoms in total. The predicted octanol–water partition coefficient (Wildman–Crippen LogP) is 0.108. The number of nitrogens with one attached hydrogen (secondary N) is 1. The van der Waals surface area contributed by atoms with Crippen LogP contribution in [-0.4, -0.2) is 40.8 Å². The maximum atomic E-state index is 11.5. The summed E-state index contributed by atoms with van der Waals surface area (Å²) < 4.78 is 5.07. The summed E-state index contributed by atoms with van der Waals surface area (Å²) in [6.07, 6.45) is 0. The molecule has 100 valence electrons.